The second-order valence-corrected chi connectivity index (χ2v) is 4.09. The van der Waals surface area contributed by atoms with Crippen LogP contribution in [-0.2, 0) is 11.3 Å². The monoisotopic (exact) mass is 265 g/mol. The van der Waals surface area contributed by atoms with Crippen molar-refractivity contribution >= 4 is 17.9 Å². The number of benzene rings is 1. The summed E-state index contributed by atoms with van der Waals surface area (Å²) < 4.78 is 0. The number of carboxylic acids is 1. The molecule has 0 aromatic heterocycles. The lowest BCUT2D eigenvalue weighted by molar-refractivity contribution is -0.120. The van der Waals surface area contributed by atoms with Crippen molar-refractivity contribution in [3.05, 3.63) is 35.4 Å². The fourth-order valence-electron chi connectivity index (χ4n) is 1.54. The lowest BCUT2D eigenvalue weighted by Gasteiger charge is -2.15. The van der Waals surface area contributed by atoms with E-state index in [0.717, 1.165) is 5.56 Å². The molecule has 1 aromatic carbocycles. The molecule has 0 saturated heterocycles. The molecule has 7 heteroatoms. The number of carbonyl (C=O) groups is 3. The van der Waals surface area contributed by atoms with Crippen LogP contribution in [0.2, 0.25) is 0 Å². The molecule has 0 saturated carbocycles. The number of nitrogens with one attached hydrogen (secondary N) is 1. The molecule has 0 aliphatic rings. The van der Waals surface area contributed by atoms with E-state index in [2.05, 4.69) is 0 Å². The van der Waals surface area contributed by atoms with E-state index in [1.54, 1.807) is 24.1 Å². The van der Waals surface area contributed by atoms with Crippen molar-refractivity contribution in [3.8, 4) is 0 Å². The zero-order valence-electron chi connectivity index (χ0n) is 10.4. The average molecular weight is 265 g/mol. The summed E-state index contributed by atoms with van der Waals surface area (Å²) in [6.07, 6.45) is 0. The van der Waals surface area contributed by atoms with Gasteiger partial charge in [-0.25, -0.2) is 9.59 Å². The van der Waals surface area contributed by atoms with Gasteiger partial charge in [-0.05, 0) is 24.7 Å². The number of nitrogens with zero attached hydrogens (tertiary/aromatic N) is 1. The number of carboxylic acid groups (broad SMARTS) is 1. The van der Waals surface area contributed by atoms with Gasteiger partial charge in [-0.2, -0.15) is 0 Å². The second-order valence-electron chi connectivity index (χ2n) is 4.09. The highest BCUT2D eigenvalue weighted by Gasteiger charge is 2.09. The number of urea groups is 1. The third-order valence-corrected chi connectivity index (χ3v) is 2.33. The molecule has 0 atom stereocenters. The number of aromatic carboxylic acids is 1. The largest absolute Gasteiger partial charge is 0.478 e. The second kappa shape index (κ2) is 6.50. The molecule has 0 fully saturated rings. The molecule has 19 heavy (non-hydrogen) atoms. The Kier molecular flexibility index (Phi) is 5.01. The Balaban J connectivity index is 2.52. The van der Waals surface area contributed by atoms with E-state index >= 15 is 0 Å². The predicted molar refractivity (Wildman–Crippen MR) is 67.5 cm³/mol. The summed E-state index contributed by atoms with van der Waals surface area (Å²) in [4.78, 5) is 34.1. The number of hydrogen-bond donors (Lipinski definition) is 3. The Morgan fingerprint density at radius 2 is 1.84 bits per heavy atom. The minimum absolute atomic E-state index is 0.0175. The summed E-state index contributed by atoms with van der Waals surface area (Å²) in [5.41, 5.74) is 5.89. The Morgan fingerprint density at radius 3 is 2.32 bits per heavy atom. The van der Waals surface area contributed by atoms with Crippen molar-refractivity contribution < 1.29 is 19.5 Å². The van der Waals surface area contributed by atoms with Gasteiger partial charge >= 0.3 is 12.0 Å². The number of nitrogens with two attached hydrogens (primary N) is 1. The quantitative estimate of drug-likeness (QED) is 0.694. The predicted octanol–water partition coefficient (Wildman–Crippen LogP) is 0.0115. The molecule has 0 aliphatic carbocycles. The Hall–Kier alpha value is -2.41. The first-order valence-electron chi connectivity index (χ1n) is 5.48. The number of imide groups is 1. The van der Waals surface area contributed by atoms with E-state index in [1.165, 1.54) is 12.1 Å². The molecule has 102 valence electrons. The van der Waals surface area contributed by atoms with Gasteiger partial charge in [-0.1, -0.05) is 12.1 Å². The highest BCUT2D eigenvalue weighted by molar-refractivity contribution is 5.94. The summed E-state index contributed by atoms with van der Waals surface area (Å²) in [5.74, 6) is -1.47. The minimum Gasteiger partial charge on any atom is -0.478 e. The van der Waals surface area contributed by atoms with E-state index < -0.39 is 17.9 Å². The van der Waals surface area contributed by atoms with Gasteiger partial charge in [0.15, 0.2) is 0 Å². The Morgan fingerprint density at radius 1 is 1.26 bits per heavy atom. The molecule has 0 heterocycles. The maximum Gasteiger partial charge on any atom is 0.335 e. The standard InChI is InChI=1S/C12H15N3O4/c1-15(7-10(16)14-12(13)19)6-8-2-4-9(5-3-8)11(17)18/h2-5H,6-7H2,1H3,(H,17,18)(H3,13,14,16,19). The van der Waals surface area contributed by atoms with Crippen molar-refractivity contribution in [2.45, 2.75) is 6.54 Å². The number of likely N-dealkylation sites (N-methyl/N-ethyl adjacent to an activating group) is 1. The van der Waals surface area contributed by atoms with Crippen LogP contribution in [0.25, 0.3) is 0 Å². The number of amides is 3. The molecule has 1 rings (SSSR count). The molecule has 4 N–H and O–H groups in total. The van der Waals surface area contributed by atoms with E-state index in [0.29, 0.717) is 6.54 Å². The third kappa shape index (κ3) is 5.17. The van der Waals surface area contributed by atoms with Crippen LogP contribution in [0.15, 0.2) is 24.3 Å². The van der Waals surface area contributed by atoms with Gasteiger partial charge in [0, 0.05) is 6.54 Å². The number of hydrogen-bond acceptors (Lipinski definition) is 4. The van der Waals surface area contributed by atoms with Gasteiger partial charge in [-0.15, -0.1) is 0 Å². The summed E-state index contributed by atoms with van der Waals surface area (Å²) in [6, 6.07) is 5.45. The SMILES string of the molecule is CN(CC(=O)NC(N)=O)Cc1ccc(C(=O)O)cc1. The molecule has 0 unspecified atom stereocenters. The van der Waals surface area contributed by atoms with Crippen molar-refractivity contribution in [1.29, 1.82) is 0 Å². The van der Waals surface area contributed by atoms with Crippen LogP contribution < -0.4 is 11.1 Å². The molecular formula is C12H15N3O4. The van der Waals surface area contributed by atoms with E-state index in [1.807, 2.05) is 5.32 Å². The van der Waals surface area contributed by atoms with Crippen LogP contribution >= 0.6 is 0 Å². The Bertz CT molecular complexity index is 484. The summed E-state index contributed by atoms with van der Waals surface area (Å²) in [7, 11) is 1.70. The molecule has 0 radical (unpaired) electrons. The van der Waals surface area contributed by atoms with Crippen molar-refractivity contribution in [3.63, 3.8) is 0 Å². The van der Waals surface area contributed by atoms with Gasteiger partial charge < -0.3 is 10.8 Å². The summed E-state index contributed by atoms with van der Waals surface area (Å²) in [6.45, 7) is 0.468. The smallest absolute Gasteiger partial charge is 0.335 e. The fourth-order valence-corrected chi connectivity index (χ4v) is 1.54. The first-order valence-corrected chi connectivity index (χ1v) is 5.48. The van der Waals surface area contributed by atoms with E-state index in [4.69, 9.17) is 10.8 Å². The van der Waals surface area contributed by atoms with Gasteiger partial charge in [0.1, 0.15) is 0 Å². The maximum absolute atomic E-state index is 11.3. The molecular weight excluding hydrogens is 250 g/mol. The lowest BCUT2D eigenvalue weighted by atomic mass is 10.1. The van der Waals surface area contributed by atoms with Crippen molar-refractivity contribution in [2.24, 2.45) is 5.73 Å². The first-order chi connectivity index (χ1) is 8.88. The van der Waals surface area contributed by atoms with Gasteiger partial charge in [0.05, 0.1) is 12.1 Å². The zero-order chi connectivity index (χ0) is 14.4. The van der Waals surface area contributed by atoms with E-state index in [-0.39, 0.29) is 12.1 Å². The zero-order valence-corrected chi connectivity index (χ0v) is 10.4. The van der Waals surface area contributed by atoms with Crippen LogP contribution in [0.5, 0.6) is 0 Å². The normalized spacial score (nSPS) is 10.2. The van der Waals surface area contributed by atoms with Crippen LogP contribution in [0.3, 0.4) is 0 Å². The van der Waals surface area contributed by atoms with Crippen LogP contribution in [0, 0.1) is 0 Å². The maximum atomic E-state index is 11.3. The molecule has 0 bridgehead atoms. The third-order valence-electron chi connectivity index (χ3n) is 2.33. The van der Waals surface area contributed by atoms with Gasteiger partial charge in [0.2, 0.25) is 5.91 Å². The topological polar surface area (TPSA) is 113 Å². The van der Waals surface area contributed by atoms with Crippen molar-refractivity contribution in [1.82, 2.24) is 10.2 Å². The van der Waals surface area contributed by atoms with E-state index in [9.17, 15) is 14.4 Å². The molecule has 0 aliphatic heterocycles. The lowest BCUT2D eigenvalue weighted by Crippen LogP contribution is -2.41. The van der Waals surface area contributed by atoms with Crippen LogP contribution in [-0.4, -0.2) is 41.5 Å². The highest BCUT2D eigenvalue weighted by atomic mass is 16.4. The summed E-state index contributed by atoms with van der Waals surface area (Å²) >= 11 is 0. The van der Waals surface area contributed by atoms with Gasteiger partial charge in [0.25, 0.3) is 0 Å². The Labute approximate surface area is 110 Å². The number of primary amides is 1. The molecule has 1 aromatic rings. The first kappa shape index (κ1) is 14.7. The number of carbonyl (C=O) groups excluding carboxylic acids is 2. The minimum atomic E-state index is -0.985. The van der Waals surface area contributed by atoms with Crippen LogP contribution in [0.1, 0.15) is 15.9 Å². The molecule has 0 spiro atoms. The fraction of sp³-hybridized carbons (Fsp3) is 0.250. The number of rotatable bonds is 5. The van der Waals surface area contributed by atoms with Crippen molar-refractivity contribution in [2.75, 3.05) is 13.6 Å². The van der Waals surface area contributed by atoms with Crippen LogP contribution in [0.4, 0.5) is 4.79 Å². The highest BCUT2D eigenvalue weighted by Crippen LogP contribution is 2.06. The van der Waals surface area contributed by atoms with Gasteiger partial charge in [-0.3, -0.25) is 15.0 Å². The molecule has 3 amide bonds. The molecule has 7 nitrogen and oxygen atoms in total. The summed E-state index contributed by atoms with van der Waals surface area (Å²) in [5, 5.41) is 10.7. The average Bonchev–Trinajstić information content (AvgIpc) is 2.27.